The van der Waals surface area contributed by atoms with Gasteiger partial charge >= 0.3 is 5.97 Å². The Balaban J connectivity index is 1.74. The zero-order valence-corrected chi connectivity index (χ0v) is 14.8. The molecule has 0 radical (unpaired) electrons. The Morgan fingerprint density at radius 3 is 2.54 bits per heavy atom. The van der Waals surface area contributed by atoms with Crippen LogP contribution in [0.2, 0.25) is 0 Å². The second kappa shape index (κ2) is 9.76. The van der Waals surface area contributed by atoms with Crippen molar-refractivity contribution < 1.29 is 27.8 Å². The predicted octanol–water partition coefficient (Wildman–Crippen LogP) is 3.64. The monoisotopic (exact) mass is 381 g/mol. The van der Waals surface area contributed by atoms with Gasteiger partial charge in [-0.2, -0.15) is 0 Å². The highest BCUT2D eigenvalue weighted by molar-refractivity contribution is 8.00. The number of thioether (sulfide) groups is 1. The molecule has 2 aromatic rings. The molecule has 8 heteroatoms. The lowest BCUT2D eigenvalue weighted by atomic mass is 10.3. The lowest BCUT2D eigenvalue weighted by Gasteiger charge is -2.08. The summed E-state index contributed by atoms with van der Waals surface area (Å²) in [5.41, 5.74) is 0.533. The first-order valence-corrected chi connectivity index (χ1v) is 8.72. The third-order valence-electron chi connectivity index (χ3n) is 3.05. The number of anilines is 1. The predicted molar refractivity (Wildman–Crippen MR) is 94.3 cm³/mol. The molecule has 0 aliphatic carbocycles. The Morgan fingerprint density at radius 2 is 1.85 bits per heavy atom. The summed E-state index contributed by atoms with van der Waals surface area (Å²) in [6.07, 6.45) is 0. The molecule has 2 aromatic carbocycles. The molecule has 0 saturated carbocycles. The van der Waals surface area contributed by atoms with Gasteiger partial charge in [0.05, 0.1) is 12.4 Å². The minimum Gasteiger partial charge on any atom is -0.494 e. The zero-order valence-electron chi connectivity index (χ0n) is 14.0. The fraction of sp³-hybridized carbons (Fsp3) is 0.222. The lowest BCUT2D eigenvalue weighted by molar-refractivity contribution is -0.144. The fourth-order valence-electron chi connectivity index (χ4n) is 1.91. The average Bonchev–Trinajstić information content (AvgIpc) is 2.62. The van der Waals surface area contributed by atoms with Crippen LogP contribution in [0.4, 0.5) is 14.5 Å². The topological polar surface area (TPSA) is 64.6 Å². The molecule has 1 N–H and O–H groups in total. The SMILES string of the molecule is CCOc1ccc(NC(=O)COC(=O)CSc2cc(F)ccc2F)cc1. The van der Waals surface area contributed by atoms with Crippen molar-refractivity contribution in [1.29, 1.82) is 0 Å². The van der Waals surface area contributed by atoms with Gasteiger partial charge in [0.2, 0.25) is 0 Å². The summed E-state index contributed by atoms with van der Waals surface area (Å²) >= 11 is 0.796. The Morgan fingerprint density at radius 1 is 1.12 bits per heavy atom. The summed E-state index contributed by atoms with van der Waals surface area (Å²) in [4.78, 5) is 23.4. The Kier molecular flexibility index (Phi) is 7.40. The summed E-state index contributed by atoms with van der Waals surface area (Å²) in [6, 6.07) is 9.69. The van der Waals surface area contributed by atoms with Gasteiger partial charge in [0.25, 0.3) is 5.91 Å². The van der Waals surface area contributed by atoms with Gasteiger partial charge in [0.15, 0.2) is 6.61 Å². The molecule has 0 aromatic heterocycles. The van der Waals surface area contributed by atoms with Gasteiger partial charge in [0.1, 0.15) is 17.4 Å². The highest BCUT2D eigenvalue weighted by Crippen LogP contribution is 2.22. The molecule has 1 amide bonds. The lowest BCUT2D eigenvalue weighted by Crippen LogP contribution is -2.21. The van der Waals surface area contributed by atoms with E-state index in [2.05, 4.69) is 5.32 Å². The van der Waals surface area contributed by atoms with Crippen LogP contribution < -0.4 is 10.1 Å². The zero-order chi connectivity index (χ0) is 18.9. The fourth-order valence-corrected chi connectivity index (χ4v) is 2.67. The Bertz CT molecular complexity index is 768. The van der Waals surface area contributed by atoms with Crippen LogP contribution in [0.3, 0.4) is 0 Å². The second-order valence-electron chi connectivity index (χ2n) is 5.03. The van der Waals surface area contributed by atoms with Crippen molar-refractivity contribution in [2.75, 3.05) is 24.3 Å². The van der Waals surface area contributed by atoms with Gasteiger partial charge in [-0.25, -0.2) is 8.78 Å². The maximum absolute atomic E-state index is 13.4. The number of halogens is 2. The Hall–Kier alpha value is -2.61. The van der Waals surface area contributed by atoms with Gasteiger partial charge in [-0.15, -0.1) is 11.8 Å². The van der Waals surface area contributed by atoms with Crippen LogP contribution in [0, 0.1) is 11.6 Å². The van der Waals surface area contributed by atoms with E-state index < -0.39 is 30.1 Å². The normalized spacial score (nSPS) is 10.3. The van der Waals surface area contributed by atoms with Crippen molar-refractivity contribution in [3.8, 4) is 5.75 Å². The maximum Gasteiger partial charge on any atom is 0.316 e. The van der Waals surface area contributed by atoms with E-state index in [0.29, 0.717) is 18.0 Å². The van der Waals surface area contributed by atoms with E-state index in [4.69, 9.17) is 9.47 Å². The average molecular weight is 381 g/mol. The number of nitrogens with one attached hydrogen (secondary N) is 1. The molecule has 138 valence electrons. The van der Waals surface area contributed by atoms with Crippen LogP contribution in [0.25, 0.3) is 0 Å². The van der Waals surface area contributed by atoms with Crippen LogP contribution in [0.5, 0.6) is 5.75 Å². The number of benzene rings is 2. The molecular weight excluding hydrogens is 364 g/mol. The van der Waals surface area contributed by atoms with Crippen LogP contribution in [0.15, 0.2) is 47.4 Å². The van der Waals surface area contributed by atoms with Gasteiger partial charge < -0.3 is 14.8 Å². The number of hydrogen-bond donors (Lipinski definition) is 1. The van der Waals surface area contributed by atoms with Gasteiger partial charge in [0, 0.05) is 10.6 Å². The number of carbonyl (C=O) groups excluding carboxylic acids is 2. The molecule has 0 aliphatic rings. The molecule has 5 nitrogen and oxygen atoms in total. The first-order valence-electron chi connectivity index (χ1n) is 7.74. The van der Waals surface area contributed by atoms with Crippen molar-refractivity contribution >= 4 is 29.3 Å². The molecule has 0 spiro atoms. The molecule has 0 heterocycles. The number of ether oxygens (including phenoxy) is 2. The number of amides is 1. The van der Waals surface area contributed by atoms with Crippen molar-refractivity contribution in [3.05, 3.63) is 54.1 Å². The molecule has 0 aliphatic heterocycles. The van der Waals surface area contributed by atoms with E-state index in [1.807, 2.05) is 6.92 Å². The van der Waals surface area contributed by atoms with Crippen molar-refractivity contribution in [3.63, 3.8) is 0 Å². The third kappa shape index (κ3) is 6.36. The van der Waals surface area contributed by atoms with Crippen LogP contribution >= 0.6 is 11.8 Å². The van der Waals surface area contributed by atoms with Crippen LogP contribution in [0.1, 0.15) is 6.92 Å². The van der Waals surface area contributed by atoms with E-state index in [1.54, 1.807) is 24.3 Å². The summed E-state index contributed by atoms with van der Waals surface area (Å²) in [5.74, 6) is -2.01. The van der Waals surface area contributed by atoms with Crippen LogP contribution in [-0.4, -0.2) is 30.8 Å². The van der Waals surface area contributed by atoms with E-state index in [9.17, 15) is 18.4 Å². The minimum absolute atomic E-state index is 0.000731. The van der Waals surface area contributed by atoms with Crippen molar-refractivity contribution in [2.24, 2.45) is 0 Å². The minimum atomic E-state index is -0.708. The summed E-state index contributed by atoms with van der Waals surface area (Å²) in [5, 5.41) is 2.57. The smallest absolute Gasteiger partial charge is 0.316 e. The van der Waals surface area contributed by atoms with Crippen LogP contribution in [-0.2, 0) is 14.3 Å². The maximum atomic E-state index is 13.4. The largest absolute Gasteiger partial charge is 0.494 e. The first kappa shape index (κ1) is 19.7. The van der Waals surface area contributed by atoms with Crippen molar-refractivity contribution in [1.82, 2.24) is 0 Å². The second-order valence-corrected chi connectivity index (χ2v) is 6.05. The molecule has 2 rings (SSSR count). The highest BCUT2D eigenvalue weighted by Gasteiger charge is 2.11. The van der Waals surface area contributed by atoms with E-state index >= 15 is 0 Å². The number of rotatable bonds is 8. The number of esters is 1. The molecule has 0 bridgehead atoms. The van der Waals surface area contributed by atoms with E-state index in [0.717, 1.165) is 30.0 Å². The standard InChI is InChI=1S/C18H17F2NO4S/c1-2-24-14-6-4-13(5-7-14)21-17(22)10-25-18(23)11-26-16-9-12(19)3-8-15(16)20/h3-9H,2,10-11H2,1H3,(H,21,22). The Labute approximate surface area is 153 Å². The van der Waals surface area contributed by atoms with E-state index in [-0.39, 0.29) is 10.6 Å². The third-order valence-corrected chi connectivity index (χ3v) is 4.06. The molecular formula is C18H17F2NO4S. The summed E-state index contributed by atoms with van der Waals surface area (Å²) in [7, 11) is 0. The number of hydrogen-bond acceptors (Lipinski definition) is 5. The summed E-state index contributed by atoms with van der Waals surface area (Å²) < 4.78 is 36.6. The first-order chi connectivity index (χ1) is 12.5. The molecule has 0 atom stereocenters. The van der Waals surface area contributed by atoms with Gasteiger partial charge in [-0.3, -0.25) is 9.59 Å². The highest BCUT2D eigenvalue weighted by atomic mass is 32.2. The quantitative estimate of drug-likeness (QED) is 0.559. The van der Waals surface area contributed by atoms with Gasteiger partial charge in [-0.1, -0.05) is 0 Å². The molecule has 26 heavy (non-hydrogen) atoms. The molecule has 0 unspecified atom stereocenters. The van der Waals surface area contributed by atoms with E-state index in [1.165, 1.54) is 0 Å². The van der Waals surface area contributed by atoms with Gasteiger partial charge in [-0.05, 0) is 49.4 Å². The molecule has 0 fully saturated rings. The van der Waals surface area contributed by atoms with Crippen molar-refractivity contribution in [2.45, 2.75) is 11.8 Å². The molecule has 0 saturated heterocycles. The number of carbonyl (C=O) groups is 2. The summed E-state index contributed by atoms with van der Waals surface area (Å²) in [6.45, 7) is 1.93.